The Kier molecular flexibility index (Phi) is 12.4. The Morgan fingerprint density at radius 2 is 1.77 bits per heavy atom. The Morgan fingerprint density at radius 1 is 1.05 bits per heavy atom. The number of rotatable bonds is 14. The fourth-order valence-corrected chi connectivity index (χ4v) is 3.50. The number of carbonyl (C=O) groups excluding carboxylic acids is 3. The van der Waals surface area contributed by atoms with Crippen LogP contribution in [-0.4, -0.2) is 46.1 Å². The second-order valence-corrected chi connectivity index (χ2v) is 9.38. The van der Waals surface area contributed by atoms with Crippen molar-refractivity contribution >= 4 is 29.6 Å². The number of carboxylic acid groups (broad SMARTS) is 1. The van der Waals surface area contributed by atoms with Crippen molar-refractivity contribution in [2.24, 2.45) is 5.92 Å². The van der Waals surface area contributed by atoms with Gasteiger partial charge in [-0.2, -0.15) is 0 Å². The minimum Gasteiger partial charge on any atom is -0.478 e. The maximum absolute atomic E-state index is 13.1. The molecule has 0 aliphatic heterocycles. The number of anilines is 1. The van der Waals surface area contributed by atoms with Gasteiger partial charge in [-0.05, 0) is 49.8 Å². The molecule has 0 saturated heterocycles. The standard InChI is InChI=1S/C28H36N4O7/c1-19(2)15-16-29-24(33)17-32-20(3)13-14-23(27(32)37)30-26(36)22(11-7-8-12-25(34)35)31-28(38)39-18-21-9-5-4-6-10-21/h4-6,8-10,12-14,19,22H,7,11,15-18H2,1-3H3,(H,29,33)(H,30,36)(H,31,38)(H,34,35)/b12-8+. The molecular formula is C28H36N4O7. The van der Waals surface area contributed by atoms with Crippen LogP contribution in [0.3, 0.4) is 0 Å². The molecule has 210 valence electrons. The number of aliphatic carboxylic acids is 1. The van der Waals surface area contributed by atoms with E-state index in [2.05, 4.69) is 16.0 Å². The zero-order chi connectivity index (χ0) is 28.8. The summed E-state index contributed by atoms with van der Waals surface area (Å²) in [6.07, 6.45) is 2.47. The highest BCUT2D eigenvalue weighted by atomic mass is 16.5. The number of ether oxygens (including phenoxy) is 1. The summed E-state index contributed by atoms with van der Waals surface area (Å²) in [7, 11) is 0. The molecule has 0 aliphatic rings. The monoisotopic (exact) mass is 540 g/mol. The van der Waals surface area contributed by atoms with Gasteiger partial charge in [0.05, 0.1) is 0 Å². The first kappa shape index (κ1) is 30.8. The molecule has 0 bridgehead atoms. The molecule has 0 spiro atoms. The number of nitrogens with zero attached hydrogens (tertiary/aromatic N) is 1. The summed E-state index contributed by atoms with van der Waals surface area (Å²) in [5, 5.41) is 16.6. The number of alkyl carbamates (subject to hydrolysis) is 1. The van der Waals surface area contributed by atoms with E-state index in [0.29, 0.717) is 18.2 Å². The number of amides is 3. The van der Waals surface area contributed by atoms with E-state index in [4.69, 9.17) is 9.84 Å². The van der Waals surface area contributed by atoms with Crippen molar-refractivity contribution in [1.29, 1.82) is 0 Å². The quantitative estimate of drug-likeness (QED) is 0.268. The average molecular weight is 541 g/mol. The minimum atomic E-state index is -1.14. The number of aromatic nitrogens is 1. The van der Waals surface area contributed by atoms with E-state index in [-0.39, 0.29) is 37.6 Å². The lowest BCUT2D eigenvalue weighted by Gasteiger charge is -2.18. The number of pyridine rings is 1. The van der Waals surface area contributed by atoms with E-state index in [9.17, 15) is 24.0 Å². The number of hydrogen-bond acceptors (Lipinski definition) is 6. The summed E-state index contributed by atoms with van der Waals surface area (Å²) in [4.78, 5) is 61.7. The van der Waals surface area contributed by atoms with Crippen LogP contribution in [0.2, 0.25) is 0 Å². The number of aryl methyl sites for hydroxylation is 1. The molecule has 0 fully saturated rings. The zero-order valence-electron chi connectivity index (χ0n) is 22.4. The first-order chi connectivity index (χ1) is 18.6. The van der Waals surface area contributed by atoms with Gasteiger partial charge in [0.1, 0.15) is 24.9 Å². The molecular weight excluding hydrogens is 504 g/mol. The highest BCUT2D eigenvalue weighted by Gasteiger charge is 2.23. The van der Waals surface area contributed by atoms with E-state index in [1.807, 2.05) is 19.9 Å². The van der Waals surface area contributed by atoms with Gasteiger partial charge in [0.2, 0.25) is 11.8 Å². The predicted molar refractivity (Wildman–Crippen MR) is 146 cm³/mol. The molecule has 0 saturated carbocycles. The van der Waals surface area contributed by atoms with Crippen LogP contribution in [0.15, 0.2) is 59.4 Å². The summed E-state index contributed by atoms with van der Waals surface area (Å²) in [5.41, 5.74) is 0.658. The average Bonchev–Trinajstić information content (AvgIpc) is 2.89. The molecule has 2 aromatic rings. The van der Waals surface area contributed by atoms with Gasteiger partial charge in [0.15, 0.2) is 0 Å². The molecule has 11 heteroatoms. The van der Waals surface area contributed by atoms with Gasteiger partial charge in [-0.1, -0.05) is 50.3 Å². The van der Waals surface area contributed by atoms with E-state index in [0.717, 1.165) is 18.1 Å². The number of carbonyl (C=O) groups is 4. The van der Waals surface area contributed by atoms with Crippen molar-refractivity contribution in [3.05, 3.63) is 76.2 Å². The zero-order valence-corrected chi connectivity index (χ0v) is 22.4. The Morgan fingerprint density at radius 3 is 2.44 bits per heavy atom. The molecule has 4 N–H and O–H groups in total. The molecule has 1 heterocycles. The third-order valence-corrected chi connectivity index (χ3v) is 5.70. The van der Waals surface area contributed by atoms with Crippen LogP contribution in [0.1, 0.15) is 44.4 Å². The Labute approximate surface area is 227 Å². The molecule has 1 aromatic carbocycles. The van der Waals surface area contributed by atoms with Crippen LogP contribution in [0.25, 0.3) is 0 Å². The van der Waals surface area contributed by atoms with Crippen molar-refractivity contribution in [3.63, 3.8) is 0 Å². The SMILES string of the molecule is Cc1ccc(NC(=O)C(CC/C=C/C(=O)O)NC(=O)OCc2ccccc2)c(=O)n1CC(=O)NCCC(C)C. The smallest absolute Gasteiger partial charge is 0.408 e. The van der Waals surface area contributed by atoms with Crippen molar-refractivity contribution in [2.75, 3.05) is 11.9 Å². The number of benzene rings is 1. The second kappa shape index (κ2) is 15.8. The van der Waals surface area contributed by atoms with Gasteiger partial charge in [-0.25, -0.2) is 9.59 Å². The normalized spacial score (nSPS) is 11.7. The molecule has 39 heavy (non-hydrogen) atoms. The summed E-state index contributed by atoms with van der Waals surface area (Å²) >= 11 is 0. The molecule has 1 aromatic heterocycles. The fraction of sp³-hybridized carbons (Fsp3) is 0.393. The van der Waals surface area contributed by atoms with E-state index in [1.165, 1.54) is 16.7 Å². The molecule has 0 aliphatic carbocycles. The summed E-state index contributed by atoms with van der Waals surface area (Å²) in [5.74, 6) is -1.73. The third-order valence-electron chi connectivity index (χ3n) is 5.70. The van der Waals surface area contributed by atoms with Crippen LogP contribution in [-0.2, 0) is 32.3 Å². The van der Waals surface area contributed by atoms with E-state index >= 15 is 0 Å². The Hall–Kier alpha value is -4.41. The minimum absolute atomic E-state index is 0.0121. The van der Waals surface area contributed by atoms with Crippen molar-refractivity contribution in [2.45, 2.75) is 59.2 Å². The first-order valence-electron chi connectivity index (χ1n) is 12.7. The second-order valence-electron chi connectivity index (χ2n) is 9.38. The van der Waals surface area contributed by atoms with Gasteiger partial charge in [-0.15, -0.1) is 0 Å². The van der Waals surface area contributed by atoms with Crippen LogP contribution < -0.4 is 21.5 Å². The highest BCUT2D eigenvalue weighted by Crippen LogP contribution is 2.08. The maximum Gasteiger partial charge on any atom is 0.408 e. The largest absolute Gasteiger partial charge is 0.478 e. The number of allylic oxidation sites excluding steroid dienone is 1. The molecule has 1 unspecified atom stereocenters. The lowest BCUT2D eigenvalue weighted by molar-refractivity contribution is -0.131. The van der Waals surface area contributed by atoms with Crippen LogP contribution >= 0.6 is 0 Å². The van der Waals surface area contributed by atoms with Crippen LogP contribution in [0, 0.1) is 12.8 Å². The van der Waals surface area contributed by atoms with Gasteiger partial charge >= 0.3 is 12.1 Å². The van der Waals surface area contributed by atoms with Gasteiger partial charge in [0, 0.05) is 18.3 Å². The summed E-state index contributed by atoms with van der Waals surface area (Å²) < 4.78 is 6.46. The Balaban J connectivity index is 2.11. The lowest BCUT2D eigenvalue weighted by atomic mass is 10.1. The number of nitrogens with one attached hydrogen (secondary N) is 3. The molecule has 1 atom stereocenters. The Bertz CT molecular complexity index is 1220. The van der Waals surface area contributed by atoms with Crippen LogP contribution in [0.5, 0.6) is 0 Å². The summed E-state index contributed by atoms with van der Waals surface area (Å²) in [6, 6.07) is 10.9. The molecule has 2 rings (SSSR count). The van der Waals surface area contributed by atoms with Crippen LogP contribution in [0.4, 0.5) is 10.5 Å². The van der Waals surface area contributed by atoms with Crippen molar-refractivity contribution < 1.29 is 29.0 Å². The lowest BCUT2D eigenvalue weighted by Crippen LogP contribution is -2.45. The van der Waals surface area contributed by atoms with E-state index < -0.39 is 29.6 Å². The number of carboxylic acids is 1. The number of hydrogen-bond donors (Lipinski definition) is 4. The van der Waals surface area contributed by atoms with E-state index in [1.54, 1.807) is 37.3 Å². The van der Waals surface area contributed by atoms with Crippen molar-refractivity contribution in [3.8, 4) is 0 Å². The summed E-state index contributed by atoms with van der Waals surface area (Å²) in [6.45, 7) is 6.03. The fourth-order valence-electron chi connectivity index (χ4n) is 3.50. The third kappa shape index (κ3) is 11.2. The van der Waals surface area contributed by atoms with Gasteiger partial charge in [-0.3, -0.25) is 14.4 Å². The maximum atomic E-state index is 13.1. The van der Waals surface area contributed by atoms with Gasteiger partial charge < -0.3 is 30.4 Å². The van der Waals surface area contributed by atoms with Gasteiger partial charge in [0.25, 0.3) is 5.56 Å². The predicted octanol–water partition coefficient (Wildman–Crippen LogP) is 2.97. The van der Waals surface area contributed by atoms with Crippen molar-refractivity contribution in [1.82, 2.24) is 15.2 Å². The molecule has 3 amide bonds. The molecule has 0 radical (unpaired) electrons. The first-order valence-corrected chi connectivity index (χ1v) is 12.7. The molecule has 11 nitrogen and oxygen atoms in total. The topological polar surface area (TPSA) is 156 Å². The highest BCUT2D eigenvalue weighted by molar-refractivity contribution is 5.96.